The number of hydrogen-bond acceptors (Lipinski definition) is 19. The standard InChI is InChI=1S/C55H58N2O19/c1-29-35(72-51(68)45(73-40(63)24-25-41(64)76-57-38(61)22-23-39(57)62)43(32-16-10-7-11-17-32)56-49(66)33-18-12-8-13-19-33)27-55(69)48(74-50(67)34-20-14-9-15-21-34)46-53(6,36(60)26-37-54(46,28-70-37)75-31(3)59)47(65)44(71-30(2)58)42(29)52(55,4)5/h7-23,35-37,43-46,48,60-62,69H,24-28H2,1-6H3,(H,56,66)/t35-,36-,37+,43-,44+,45+,46-,48-,53+,54-,55+/m0/s1. The quantitative estimate of drug-likeness (QED) is 0.0640. The number of ketones is 1. The Labute approximate surface area is 435 Å². The number of hydrogen-bond donors (Lipinski definition) is 5. The van der Waals surface area contributed by atoms with E-state index < -0.39 is 149 Å². The maximum Gasteiger partial charge on any atom is 0.350 e. The molecule has 21 nitrogen and oxygen atoms in total. The van der Waals surface area contributed by atoms with Crippen LogP contribution in [0.4, 0.5) is 0 Å². The number of ether oxygens (including phenoxy) is 6. The molecule has 3 aliphatic carbocycles. The number of Topliss-reactive ketones (excluding diaryl/α,β-unsaturated/α-hetero) is 1. The first-order valence-corrected chi connectivity index (χ1v) is 24.5. The second kappa shape index (κ2) is 21.0. The number of nitrogens with one attached hydrogen (secondary N) is 1. The van der Waals surface area contributed by atoms with Crippen LogP contribution in [0.1, 0.15) is 99.5 Å². The Hall–Kier alpha value is -7.88. The number of benzene rings is 3. The fourth-order valence-electron chi connectivity index (χ4n) is 11.3. The summed E-state index contributed by atoms with van der Waals surface area (Å²) in [5, 5.41) is 48.9. The zero-order valence-electron chi connectivity index (χ0n) is 42.3. The van der Waals surface area contributed by atoms with Gasteiger partial charge in [0.25, 0.3) is 5.91 Å². The first-order valence-electron chi connectivity index (χ1n) is 24.5. The number of aromatic nitrogens is 1. The van der Waals surface area contributed by atoms with Crippen LogP contribution in [0.2, 0.25) is 0 Å². The Morgan fingerprint density at radius 3 is 1.92 bits per heavy atom. The van der Waals surface area contributed by atoms with Crippen molar-refractivity contribution in [2.24, 2.45) is 16.7 Å². The largest absolute Gasteiger partial charge is 0.492 e. The Morgan fingerprint density at radius 2 is 1.36 bits per heavy atom. The van der Waals surface area contributed by atoms with Gasteiger partial charge in [-0.3, -0.25) is 24.0 Å². The van der Waals surface area contributed by atoms with Crippen molar-refractivity contribution in [1.82, 2.24) is 10.0 Å². The lowest BCUT2D eigenvalue weighted by Crippen LogP contribution is -2.82. The number of nitrogens with zero attached hydrogens (tertiary/aromatic N) is 1. The summed E-state index contributed by atoms with van der Waals surface area (Å²) < 4.78 is 37.0. The number of carbonyl (C=O) groups is 8. The molecule has 0 radical (unpaired) electrons. The Bertz CT molecular complexity index is 2940. The van der Waals surface area contributed by atoms with Gasteiger partial charge in [-0.1, -0.05) is 80.6 Å². The number of esters is 5. The van der Waals surface area contributed by atoms with Crippen molar-refractivity contribution in [3.63, 3.8) is 0 Å². The van der Waals surface area contributed by atoms with Crippen molar-refractivity contribution in [3.8, 4) is 11.8 Å². The maximum atomic E-state index is 15.8. The molecular weight excluding hydrogens is 993 g/mol. The molecule has 1 saturated heterocycles. The Balaban J connectivity index is 1.26. The fourth-order valence-corrected chi connectivity index (χ4v) is 11.3. The van der Waals surface area contributed by atoms with E-state index in [1.165, 1.54) is 64.1 Å². The van der Waals surface area contributed by atoms with Gasteiger partial charge in [0, 0.05) is 49.8 Å². The lowest BCUT2D eigenvalue weighted by atomic mass is 9.44. The minimum Gasteiger partial charge on any atom is -0.492 e. The van der Waals surface area contributed by atoms with E-state index in [1.54, 1.807) is 54.6 Å². The molecule has 1 amide bonds. The number of amides is 1. The second-order valence-electron chi connectivity index (χ2n) is 20.1. The molecule has 5 N–H and O–H groups in total. The van der Waals surface area contributed by atoms with Crippen LogP contribution >= 0.6 is 0 Å². The first kappa shape index (κ1) is 54.4. The van der Waals surface area contributed by atoms with Gasteiger partial charge >= 0.3 is 35.8 Å². The average molecular weight is 1050 g/mol. The minimum absolute atomic E-state index is 0.00487. The zero-order chi connectivity index (χ0) is 55.1. The van der Waals surface area contributed by atoms with Crippen LogP contribution in [0.25, 0.3) is 0 Å². The Kier molecular flexibility index (Phi) is 15.0. The van der Waals surface area contributed by atoms with E-state index in [2.05, 4.69) is 5.32 Å². The van der Waals surface area contributed by atoms with Gasteiger partial charge in [0.1, 0.15) is 30.0 Å². The highest BCUT2D eigenvalue weighted by Gasteiger charge is 2.78. The SMILES string of the molecule is CC(=O)O[C@H]1C(=O)[C@@]2(C)[C@H]([C@H](OC(=O)c3ccccc3)[C@]3(O)C[C@H](OC(=O)[C@H](OC(=O)CCC(=O)On4c(O)ccc4O)[C@@H](NC(=O)c4ccccc4)c4ccccc4)C(C)=C1C3(C)C)[C@]1(OC(C)=O)CO[C@@H]1C[C@@H]2O. The molecule has 4 aromatic rings. The van der Waals surface area contributed by atoms with Crippen molar-refractivity contribution in [3.05, 3.63) is 131 Å². The summed E-state index contributed by atoms with van der Waals surface area (Å²) in [4.78, 5) is 118. The van der Waals surface area contributed by atoms with E-state index in [4.69, 9.17) is 33.3 Å². The lowest BCUT2D eigenvalue weighted by molar-refractivity contribution is -0.346. The minimum atomic E-state index is -2.54. The first-order chi connectivity index (χ1) is 35.9. The summed E-state index contributed by atoms with van der Waals surface area (Å²) in [5.41, 5.74) is -8.04. The molecule has 4 aliphatic rings. The fraction of sp³-hybridized carbons (Fsp3) is 0.418. The van der Waals surface area contributed by atoms with Gasteiger partial charge in [-0.25, -0.2) is 14.4 Å². The molecule has 1 aromatic heterocycles. The molecule has 21 heteroatoms. The maximum absolute atomic E-state index is 15.8. The molecular formula is C55H58N2O19. The van der Waals surface area contributed by atoms with Gasteiger partial charge in [0.2, 0.25) is 17.9 Å². The zero-order valence-corrected chi connectivity index (χ0v) is 42.3. The number of fused-ring (bicyclic) bond motifs is 5. The van der Waals surface area contributed by atoms with Crippen molar-refractivity contribution in [1.29, 1.82) is 0 Å². The average Bonchev–Trinajstić information content (AvgIpc) is 3.87. The van der Waals surface area contributed by atoms with Gasteiger partial charge in [-0.2, -0.15) is 0 Å². The van der Waals surface area contributed by atoms with E-state index in [-0.39, 0.29) is 40.9 Å². The van der Waals surface area contributed by atoms with Gasteiger partial charge < -0.3 is 59.0 Å². The van der Waals surface area contributed by atoms with Gasteiger partial charge in [0.05, 0.1) is 42.4 Å². The van der Waals surface area contributed by atoms with Crippen LogP contribution in [-0.4, -0.2) is 127 Å². The third-order valence-electron chi connectivity index (χ3n) is 15.2. The highest BCUT2D eigenvalue weighted by Crippen LogP contribution is 2.64. The Morgan fingerprint density at radius 1 is 0.776 bits per heavy atom. The van der Waals surface area contributed by atoms with E-state index in [0.717, 1.165) is 26.0 Å². The monoisotopic (exact) mass is 1050 g/mol. The third-order valence-corrected chi connectivity index (χ3v) is 15.2. The highest BCUT2D eigenvalue weighted by molar-refractivity contribution is 5.96. The molecule has 8 rings (SSSR count). The molecule has 11 atom stereocenters. The third kappa shape index (κ3) is 9.80. The van der Waals surface area contributed by atoms with E-state index >= 15 is 9.59 Å². The second-order valence-corrected chi connectivity index (χ2v) is 20.1. The summed E-state index contributed by atoms with van der Waals surface area (Å²) in [6.45, 7) is 7.59. The summed E-state index contributed by atoms with van der Waals surface area (Å²) in [6.07, 6.45) is -12.9. The predicted octanol–water partition coefficient (Wildman–Crippen LogP) is 3.93. The number of aromatic hydroxyl groups is 2. The molecule has 76 heavy (non-hydrogen) atoms. The van der Waals surface area contributed by atoms with Crippen LogP contribution in [0.3, 0.4) is 0 Å². The topological polar surface area (TPSA) is 299 Å². The van der Waals surface area contributed by atoms with Crippen LogP contribution in [0.5, 0.6) is 11.8 Å². The number of carbonyl (C=O) groups excluding carboxylic acids is 8. The van der Waals surface area contributed by atoms with Crippen molar-refractivity contribution in [2.75, 3.05) is 6.61 Å². The van der Waals surface area contributed by atoms with E-state index in [1.807, 2.05) is 0 Å². The van der Waals surface area contributed by atoms with Crippen LogP contribution < -0.4 is 10.2 Å². The molecule has 2 bridgehead atoms. The molecule has 3 fully saturated rings. The van der Waals surface area contributed by atoms with Crippen molar-refractivity contribution < 1.29 is 92.0 Å². The van der Waals surface area contributed by atoms with E-state index in [9.17, 15) is 49.2 Å². The highest BCUT2D eigenvalue weighted by atomic mass is 16.7. The summed E-state index contributed by atoms with van der Waals surface area (Å²) in [5.74, 6) is -11.1. The van der Waals surface area contributed by atoms with Crippen LogP contribution in [0, 0.1) is 16.7 Å². The predicted molar refractivity (Wildman–Crippen MR) is 260 cm³/mol. The summed E-state index contributed by atoms with van der Waals surface area (Å²) in [7, 11) is 0. The molecule has 3 aromatic carbocycles. The van der Waals surface area contributed by atoms with Crippen LogP contribution in [0.15, 0.2) is 114 Å². The number of aliphatic hydroxyl groups is 2. The normalized spacial score (nSPS) is 28.0. The van der Waals surface area contributed by atoms with Crippen molar-refractivity contribution >= 4 is 47.5 Å². The summed E-state index contributed by atoms with van der Waals surface area (Å²) in [6, 6.07) is 23.9. The lowest BCUT2D eigenvalue weighted by Gasteiger charge is -2.67. The van der Waals surface area contributed by atoms with Crippen molar-refractivity contribution in [2.45, 2.75) is 121 Å². The smallest absolute Gasteiger partial charge is 0.350 e. The molecule has 0 spiro atoms. The molecule has 0 unspecified atom stereocenters. The van der Waals surface area contributed by atoms with Gasteiger partial charge in [-0.15, -0.1) is 4.73 Å². The number of aliphatic hydroxyl groups excluding tert-OH is 1. The number of rotatable bonds is 15. The van der Waals surface area contributed by atoms with Crippen LogP contribution in [-0.2, 0) is 57.2 Å². The van der Waals surface area contributed by atoms with Gasteiger partial charge in [0.15, 0.2) is 17.5 Å². The van der Waals surface area contributed by atoms with E-state index in [0.29, 0.717) is 4.73 Å². The molecule has 402 valence electrons. The summed E-state index contributed by atoms with van der Waals surface area (Å²) >= 11 is 0. The molecule has 1 aliphatic heterocycles. The molecule has 2 saturated carbocycles. The molecule has 2 heterocycles. The van der Waals surface area contributed by atoms with Gasteiger partial charge in [-0.05, 0) is 54.8 Å².